The van der Waals surface area contributed by atoms with E-state index < -0.39 is 18.1 Å². The summed E-state index contributed by atoms with van der Waals surface area (Å²) in [7, 11) is 0. The van der Waals surface area contributed by atoms with E-state index in [1.807, 2.05) is 48.5 Å². The summed E-state index contributed by atoms with van der Waals surface area (Å²) >= 11 is 0. The van der Waals surface area contributed by atoms with E-state index in [0.29, 0.717) is 43.9 Å². The minimum atomic E-state index is -0.684. The quantitative estimate of drug-likeness (QED) is 0.199. The number of para-hydroxylation sites is 2. The molecule has 8 heteroatoms. The number of hydrogen-bond acceptors (Lipinski definition) is 4. The van der Waals surface area contributed by atoms with Gasteiger partial charge in [-0.2, -0.15) is 0 Å². The average Bonchev–Trinajstić information content (AvgIpc) is 3.50. The maximum Gasteiger partial charge on any atom is 0.332 e. The highest BCUT2D eigenvalue weighted by Crippen LogP contribution is 2.45. The Balaban J connectivity index is 1.30. The normalized spacial score (nSPS) is 18.1. The Morgan fingerprint density at radius 3 is 2.51 bits per heavy atom. The minimum Gasteiger partial charge on any atom is -0.381 e. The fourth-order valence-corrected chi connectivity index (χ4v) is 5.96. The lowest BCUT2D eigenvalue weighted by Gasteiger charge is -2.36. The van der Waals surface area contributed by atoms with Crippen LogP contribution in [0.1, 0.15) is 59.4 Å². The second-order valence-corrected chi connectivity index (χ2v) is 10.6. The number of aromatic nitrogens is 1. The zero-order valence-corrected chi connectivity index (χ0v) is 23.1. The summed E-state index contributed by atoms with van der Waals surface area (Å²) in [6, 6.07) is 23.1. The van der Waals surface area contributed by atoms with Gasteiger partial charge in [-0.25, -0.2) is 9.69 Å². The first-order valence-electron chi connectivity index (χ1n) is 14.4. The van der Waals surface area contributed by atoms with E-state index in [-0.39, 0.29) is 11.8 Å². The lowest BCUT2D eigenvalue weighted by molar-refractivity contribution is -0.120. The third-order valence-corrected chi connectivity index (χ3v) is 7.95. The minimum absolute atomic E-state index is 0.293. The molecule has 4 amide bonds. The number of imide groups is 1. The summed E-state index contributed by atoms with van der Waals surface area (Å²) in [6.07, 6.45) is 3.17. The van der Waals surface area contributed by atoms with Gasteiger partial charge in [0.05, 0.1) is 11.3 Å². The van der Waals surface area contributed by atoms with Gasteiger partial charge in [0, 0.05) is 42.8 Å². The van der Waals surface area contributed by atoms with Crippen molar-refractivity contribution >= 4 is 34.4 Å². The summed E-state index contributed by atoms with van der Waals surface area (Å²) in [5, 5.41) is 3.98. The Morgan fingerprint density at radius 2 is 1.68 bits per heavy atom. The number of nitrogens with one attached hydrogen (secondary N) is 2. The van der Waals surface area contributed by atoms with E-state index in [9.17, 15) is 14.4 Å². The number of aromatic amines is 1. The fraction of sp³-hybridized carbons (Fsp3) is 0.303. The van der Waals surface area contributed by atoms with Crippen LogP contribution in [0.5, 0.6) is 0 Å². The van der Waals surface area contributed by atoms with Gasteiger partial charge in [0.2, 0.25) is 0 Å². The Labute approximate surface area is 239 Å². The van der Waals surface area contributed by atoms with Crippen LogP contribution in [0.3, 0.4) is 0 Å². The van der Waals surface area contributed by atoms with Crippen molar-refractivity contribution in [3.63, 3.8) is 0 Å². The van der Waals surface area contributed by atoms with Gasteiger partial charge in [-0.05, 0) is 42.2 Å². The third-order valence-electron chi connectivity index (χ3n) is 7.95. The largest absolute Gasteiger partial charge is 0.381 e. The molecule has 41 heavy (non-hydrogen) atoms. The first-order chi connectivity index (χ1) is 20.1. The molecule has 3 heterocycles. The second kappa shape index (κ2) is 11.6. The van der Waals surface area contributed by atoms with Crippen molar-refractivity contribution in [1.82, 2.24) is 15.2 Å². The van der Waals surface area contributed by atoms with Gasteiger partial charge >= 0.3 is 6.03 Å². The zero-order valence-electron chi connectivity index (χ0n) is 23.1. The molecule has 4 aromatic rings. The number of hydrogen-bond donors (Lipinski definition) is 2. The number of nitrogens with zero attached hydrogens (tertiary/aromatic N) is 2. The van der Waals surface area contributed by atoms with Crippen molar-refractivity contribution in [2.24, 2.45) is 0 Å². The lowest BCUT2D eigenvalue weighted by atomic mass is 9.89. The van der Waals surface area contributed by atoms with Crippen LogP contribution in [0.4, 0.5) is 10.5 Å². The number of anilines is 1. The van der Waals surface area contributed by atoms with Crippen molar-refractivity contribution in [2.75, 3.05) is 24.7 Å². The number of carbonyl (C=O) groups is 3. The highest BCUT2D eigenvalue weighted by molar-refractivity contribution is 6.24. The Hall–Kier alpha value is -4.43. The zero-order chi connectivity index (χ0) is 28.3. The molecule has 2 N–H and O–H groups in total. The van der Waals surface area contributed by atoms with Crippen LogP contribution in [-0.2, 0) is 16.0 Å². The number of ether oxygens (including phenoxy) is 1. The number of fused-ring (bicyclic) bond motifs is 4. The molecule has 3 aromatic carbocycles. The maximum atomic E-state index is 14.2. The Bertz CT molecular complexity index is 1580. The van der Waals surface area contributed by atoms with Crippen LogP contribution in [0.15, 0.2) is 78.9 Å². The lowest BCUT2D eigenvalue weighted by Crippen LogP contribution is -2.44. The van der Waals surface area contributed by atoms with Crippen LogP contribution in [-0.4, -0.2) is 53.5 Å². The maximum absolute atomic E-state index is 14.2. The number of urea groups is 1. The van der Waals surface area contributed by atoms with E-state index in [4.69, 9.17) is 4.74 Å². The number of unbranched alkanes of at least 4 members (excludes halogenated alkanes) is 1. The van der Waals surface area contributed by atoms with Gasteiger partial charge in [0.25, 0.3) is 11.8 Å². The van der Waals surface area contributed by atoms with E-state index >= 15 is 0 Å². The topological polar surface area (TPSA) is 94.7 Å². The molecule has 0 spiro atoms. The summed E-state index contributed by atoms with van der Waals surface area (Å²) in [5.41, 5.74) is 4.46. The smallest absolute Gasteiger partial charge is 0.332 e. The second-order valence-electron chi connectivity index (χ2n) is 10.6. The predicted molar refractivity (Wildman–Crippen MR) is 158 cm³/mol. The Kier molecular flexibility index (Phi) is 7.57. The molecule has 2 aliphatic heterocycles. The molecule has 1 fully saturated rings. The fourth-order valence-electron chi connectivity index (χ4n) is 5.96. The number of rotatable bonds is 10. The molecule has 1 saturated heterocycles. The van der Waals surface area contributed by atoms with Gasteiger partial charge in [-0.3, -0.25) is 14.5 Å². The first-order valence-corrected chi connectivity index (χ1v) is 14.4. The van der Waals surface area contributed by atoms with Crippen molar-refractivity contribution in [3.05, 3.63) is 101 Å². The third kappa shape index (κ3) is 4.89. The molecular formula is C33H34N4O4. The van der Waals surface area contributed by atoms with Crippen LogP contribution in [0.2, 0.25) is 0 Å². The predicted octanol–water partition coefficient (Wildman–Crippen LogP) is 5.59. The number of benzene rings is 3. The number of H-pyrrole nitrogens is 1. The van der Waals surface area contributed by atoms with E-state index in [1.54, 1.807) is 29.2 Å². The van der Waals surface area contributed by atoms with Gasteiger partial charge in [0.15, 0.2) is 0 Å². The van der Waals surface area contributed by atoms with Gasteiger partial charge in [-0.15, -0.1) is 0 Å². The summed E-state index contributed by atoms with van der Waals surface area (Å²) < 4.78 is 5.59. The molecule has 2 atom stereocenters. The monoisotopic (exact) mass is 550 g/mol. The van der Waals surface area contributed by atoms with Crippen molar-refractivity contribution in [1.29, 1.82) is 0 Å². The van der Waals surface area contributed by atoms with Crippen LogP contribution in [0.25, 0.3) is 10.9 Å². The van der Waals surface area contributed by atoms with E-state index in [0.717, 1.165) is 40.6 Å². The molecule has 2 aliphatic rings. The molecule has 210 valence electrons. The molecule has 0 radical (unpaired) electrons. The van der Waals surface area contributed by atoms with Crippen molar-refractivity contribution in [2.45, 2.75) is 44.7 Å². The molecular weight excluding hydrogens is 516 g/mol. The molecule has 0 bridgehead atoms. The summed E-state index contributed by atoms with van der Waals surface area (Å²) in [5.74, 6) is -0.646. The number of amides is 4. The SMILES string of the molecule is CCCCOCCCNC(=O)c1ccccc1N1C(=O)[C@@H]2Cc3c([nH]c4ccccc34)[C@@H](c3ccccc3)N2C1=O. The highest BCUT2D eigenvalue weighted by atomic mass is 16.5. The van der Waals surface area contributed by atoms with Crippen LogP contribution >= 0.6 is 0 Å². The van der Waals surface area contributed by atoms with E-state index in [2.05, 4.69) is 23.3 Å². The van der Waals surface area contributed by atoms with Gasteiger partial charge < -0.3 is 15.0 Å². The van der Waals surface area contributed by atoms with Crippen molar-refractivity contribution < 1.29 is 19.1 Å². The van der Waals surface area contributed by atoms with Gasteiger partial charge in [-0.1, -0.05) is 74.0 Å². The van der Waals surface area contributed by atoms with Crippen LogP contribution < -0.4 is 10.2 Å². The number of carbonyl (C=O) groups excluding carboxylic acids is 3. The summed E-state index contributed by atoms with van der Waals surface area (Å²) in [6.45, 7) is 3.84. The highest BCUT2D eigenvalue weighted by Gasteiger charge is 2.53. The van der Waals surface area contributed by atoms with Gasteiger partial charge in [0.1, 0.15) is 12.1 Å². The molecule has 6 rings (SSSR count). The molecule has 1 aromatic heterocycles. The standard InChI is InChI=1S/C33H34N4O4/c1-2-3-19-41-20-11-18-34-31(38)24-15-8-10-17-27(24)37-32(39)28-21-25-23-14-7-9-16-26(23)35-29(25)30(36(28)33(37)40)22-12-5-4-6-13-22/h4-10,12-17,28,30,35H,2-3,11,18-21H2,1H3,(H,34,38)/t28-,30+/m0/s1. The van der Waals surface area contributed by atoms with Crippen LogP contribution in [0, 0.1) is 0 Å². The molecule has 0 aliphatic carbocycles. The van der Waals surface area contributed by atoms with E-state index in [1.165, 1.54) is 4.90 Å². The molecule has 0 saturated carbocycles. The summed E-state index contributed by atoms with van der Waals surface area (Å²) in [4.78, 5) is 47.9. The average molecular weight is 551 g/mol. The van der Waals surface area contributed by atoms with Crippen molar-refractivity contribution in [3.8, 4) is 0 Å². The molecule has 8 nitrogen and oxygen atoms in total. The molecule has 0 unspecified atom stereocenters. The Morgan fingerprint density at radius 1 is 0.951 bits per heavy atom. The first kappa shape index (κ1) is 26.8.